The van der Waals surface area contributed by atoms with Crippen LogP contribution < -0.4 is 10.3 Å². The quantitative estimate of drug-likeness (QED) is 0.444. The Balaban J connectivity index is 2.10. The maximum Gasteiger partial charge on any atom is 0.282 e. The molecule has 6 heteroatoms. The molecule has 0 bridgehead atoms. The highest BCUT2D eigenvalue weighted by atomic mass is 79.9. The lowest BCUT2D eigenvalue weighted by Crippen LogP contribution is -2.22. The van der Waals surface area contributed by atoms with Crippen molar-refractivity contribution < 1.29 is 4.74 Å². The molecule has 3 aromatic rings. The summed E-state index contributed by atoms with van der Waals surface area (Å²) in [4.78, 5) is 17.6. The largest absolute Gasteiger partial charge is 0.480 e. The van der Waals surface area contributed by atoms with Gasteiger partial charge in [-0.25, -0.2) is 4.98 Å². The molecule has 0 saturated heterocycles. The summed E-state index contributed by atoms with van der Waals surface area (Å²) in [6.45, 7) is 2.20. The van der Waals surface area contributed by atoms with Crippen LogP contribution >= 0.6 is 15.9 Å². The number of para-hydroxylation sites is 1. The monoisotopic (exact) mass is 423 g/mol. The number of fused-ring (bicyclic) bond motifs is 1. The minimum Gasteiger partial charge on any atom is -0.480 e. The van der Waals surface area contributed by atoms with Crippen molar-refractivity contribution in [2.45, 2.75) is 19.8 Å². The number of aromatic nitrogens is 2. The van der Waals surface area contributed by atoms with Gasteiger partial charge in [-0.3, -0.25) is 4.79 Å². The second kappa shape index (κ2) is 8.65. The molecule has 0 unspecified atom stereocenters. The van der Waals surface area contributed by atoms with Crippen molar-refractivity contribution >= 4 is 33.0 Å². The normalized spacial score (nSPS) is 11.0. The summed E-state index contributed by atoms with van der Waals surface area (Å²) < 4.78 is 7.71. The number of benzene rings is 2. The number of hydrogen-bond donors (Lipinski definition) is 0. The number of terminal acetylenes is 1. The smallest absolute Gasteiger partial charge is 0.282 e. The molecule has 5 nitrogen and oxygen atoms in total. The van der Waals surface area contributed by atoms with E-state index >= 15 is 0 Å². The van der Waals surface area contributed by atoms with Crippen LogP contribution in [0.4, 0.5) is 0 Å². The number of halogens is 1. The van der Waals surface area contributed by atoms with Gasteiger partial charge in [0, 0.05) is 16.5 Å². The van der Waals surface area contributed by atoms with Crippen LogP contribution in [0.25, 0.3) is 10.9 Å². The van der Waals surface area contributed by atoms with Crippen LogP contribution in [0.5, 0.6) is 5.75 Å². The zero-order valence-corrected chi connectivity index (χ0v) is 16.4. The van der Waals surface area contributed by atoms with Gasteiger partial charge in [-0.1, -0.05) is 40.9 Å². The molecule has 0 N–H and O–H groups in total. The number of hydrogen-bond acceptors (Lipinski definition) is 4. The highest BCUT2D eigenvalue weighted by Crippen LogP contribution is 2.18. The molecule has 0 aliphatic carbocycles. The van der Waals surface area contributed by atoms with Gasteiger partial charge in [0.2, 0.25) is 0 Å². The fraction of sp³-hybridized carbons (Fsp3) is 0.190. The fourth-order valence-corrected chi connectivity index (χ4v) is 3.02. The van der Waals surface area contributed by atoms with Gasteiger partial charge < -0.3 is 4.74 Å². The summed E-state index contributed by atoms with van der Waals surface area (Å²) >= 11 is 3.40. The van der Waals surface area contributed by atoms with Crippen molar-refractivity contribution in [3.63, 3.8) is 0 Å². The van der Waals surface area contributed by atoms with Crippen molar-refractivity contribution in [3.8, 4) is 18.1 Å². The molecule has 1 heterocycles. The van der Waals surface area contributed by atoms with E-state index in [4.69, 9.17) is 11.2 Å². The van der Waals surface area contributed by atoms with Crippen LogP contribution in [0.1, 0.15) is 24.7 Å². The average Bonchev–Trinajstić information content (AvgIpc) is 2.67. The van der Waals surface area contributed by atoms with E-state index in [-0.39, 0.29) is 12.2 Å². The van der Waals surface area contributed by atoms with E-state index in [1.807, 2.05) is 43.3 Å². The average molecular weight is 424 g/mol. The fourth-order valence-electron chi connectivity index (χ4n) is 2.66. The summed E-state index contributed by atoms with van der Waals surface area (Å²) in [5, 5.41) is 4.93. The highest BCUT2D eigenvalue weighted by Gasteiger charge is 2.10. The Morgan fingerprint density at radius 2 is 2.15 bits per heavy atom. The van der Waals surface area contributed by atoms with Crippen molar-refractivity contribution in [2.24, 2.45) is 5.10 Å². The van der Waals surface area contributed by atoms with E-state index in [2.05, 4.69) is 31.9 Å². The molecule has 27 heavy (non-hydrogen) atoms. The maximum absolute atomic E-state index is 13.0. The van der Waals surface area contributed by atoms with Crippen molar-refractivity contribution in [3.05, 3.63) is 68.7 Å². The lowest BCUT2D eigenvalue weighted by atomic mass is 10.2. The van der Waals surface area contributed by atoms with Crippen molar-refractivity contribution in [1.29, 1.82) is 0 Å². The predicted molar refractivity (Wildman–Crippen MR) is 111 cm³/mol. The Labute approximate surface area is 165 Å². The molecule has 0 amide bonds. The zero-order chi connectivity index (χ0) is 19.2. The first-order chi connectivity index (χ1) is 13.1. The Kier molecular flexibility index (Phi) is 6.05. The van der Waals surface area contributed by atoms with Gasteiger partial charge in [-0.05, 0) is 36.8 Å². The highest BCUT2D eigenvalue weighted by molar-refractivity contribution is 9.10. The van der Waals surface area contributed by atoms with E-state index in [9.17, 15) is 4.79 Å². The number of rotatable bonds is 6. The predicted octanol–water partition coefficient (Wildman–Crippen LogP) is 4.01. The van der Waals surface area contributed by atoms with Gasteiger partial charge >= 0.3 is 0 Å². The third kappa shape index (κ3) is 4.26. The molecule has 0 atom stereocenters. The number of ether oxygens (including phenoxy) is 1. The standard InChI is InChI=1S/C21H18BrN3O2/c1-3-7-20-24-18-11-10-16(22)13-17(18)21(26)25(20)23-14-15-8-5-6-9-19(15)27-12-4-2/h2,5-6,8-11,13-14H,3,7,12H2,1H3. The molecule has 0 saturated carbocycles. The molecular formula is C21H18BrN3O2. The minimum absolute atomic E-state index is 0.164. The van der Waals surface area contributed by atoms with Gasteiger partial charge in [-0.2, -0.15) is 9.78 Å². The van der Waals surface area contributed by atoms with Crippen molar-refractivity contribution in [2.75, 3.05) is 6.61 Å². The summed E-state index contributed by atoms with van der Waals surface area (Å²) in [7, 11) is 0. The molecular weight excluding hydrogens is 406 g/mol. The number of nitrogens with zero attached hydrogens (tertiary/aromatic N) is 3. The topological polar surface area (TPSA) is 56.5 Å². The van der Waals surface area contributed by atoms with Crippen LogP contribution in [0.2, 0.25) is 0 Å². The summed E-state index contributed by atoms with van der Waals surface area (Å²) in [5.41, 5.74) is 1.19. The Hall–Kier alpha value is -2.91. The Morgan fingerprint density at radius 1 is 1.33 bits per heavy atom. The number of aryl methyl sites for hydroxylation is 1. The van der Waals surface area contributed by atoms with E-state index in [0.29, 0.717) is 28.9 Å². The van der Waals surface area contributed by atoms with Gasteiger partial charge in [0.25, 0.3) is 5.56 Å². The molecule has 0 radical (unpaired) electrons. The molecule has 1 aromatic heterocycles. The van der Waals surface area contributed by atoms with Crippen LogP contribution in [0, 0.1) is 12.3 Å². The minimum atomic E-state index is -0.206. The van der Waals surface area contributed by atoms with Gasteiger partial charge in [-0.15, -0.1) is 6.42 Å². The van der Waals surface area contributed by atoms with E-state index in [1.165, 1.54) is 4.68 Å². The Morgan fingerprint density at radius 3 is 2.93 bits per heavy atom. The first kappa shape index (κ1) is 18.9. The zero-order valence-electron chi connectivity index (χ0n) is 14.9. The first-order valence-electron chi connectivity index (χ1n) is 8.55. The SMILES string of the molecule is C#CCOc1ccccc1C=Nn1c(CCC)nc2ccc(Br)cc2c1=O. The second-order valence-electron chi connectivity index (χ2n) is 5.83. The molecule has 0 spiro atoms. The van der Waals surface area contributed by atoms with Gasteiger partial charge in [0.05, 0.1) is 17.1 Å². The lowest BCUT2D eigenvalue weighted by Gasteiger charge is -2.09. The van der Waals surface area contributed by atoms with Gasteiger partial charge in [0.1, 0.15) is 18.2 Å². The van der Waals surface area contributed by atoms with Crippen LogP contribution in [-0.4, -0.2) is 22.5 Å². The second-order valence-corrected chi connectivity index (χ2v) is 6.75. The van der Waals surface area contributed by atoms with Crippen LogP contribution in [-0.2, 0) is 6.42 Å². The maximum atomic E-state index is 13.0. The van der Waals surface area contributed by atoms with Crippen LogP contribution in [0.15, 0.2) is 56.8 Å². The van der Waals surface area contributed by atoms with Crippen LogP contribution in [0.3, 0.4) is 0 Å². The molecule has 3 rings (SSSR count). The third-order valence-corrected chi connectivity index (χ3v) is 4.38. The summed E-state index contributed by atoms with van der Waals surface area (Å²) in [5.74, 6) is 3.67. The van der Waals surface area contributed by atoms with Crippen molar-refractivity contribution in [1.82, 2.24) is 9.66 Å². The molecule has 0 aliphatic heterocycles. The molecule has 0 fully saturated rings. The van der Waals surface area contributed by atoms with E-state index in [1.54, 1.807) is 12.3 Å². The van der Waals surface area contributed by atoms with E-state index in [0.717, 1.165) is 16.5 Å². The third-order valence-electron chi connectivity index (χ3n) is 3.89. The first-order valence-corrected chi connectivity index (χ1v) is 9.34. The summed E-state index contributed by atoms with van der Waals surface area (Å²) in [6, 6.07) is 12.8. The Bertz CT molecular complexity index is 1100. The molecule has 2 aromatic carbocycles. The lowest BCUT2D eigenvalue weighted by molar-refractivity contribution is 0.370. The molecule has 0 aliphatic rings. The van der Waals surface area contributed by atoms with Gasteiger partial charge in [0.15, 0.2) is 0 Å². The van der Waals surface area contributed by atoms with E-state index < -0.39 is 0 Å². The summed E-state index contributed by atoms with van der Waals surface area (Å²) in [6.07, 6.45) is 8.36. The molecule has 136 valence electrons.